The summed E-state index contributed by atoms with van der Waals surface area (Å²) in [7, 11) is 1.41. The van der Waals surface area contributed by atoms with Crippen molar-refractivity contribution >= 4 is 11.7 Å². The topological polar surface area (TPSA) is 38.3 Å². The van der Waals surface area contributed by atoms with E-state index >= 15 is 0 Å². The number of nitrogens with one attached hydrogen (secondary N) is 1. The quantitative estimate of drug-likeness (QED) is 0.760. The van der Waals surface area contributed by atoms with Crippen LogP contribution >= 0.6 is 0 Å². The van der Waals surface area contributed by atoms with Crippen LogP contribution in [0.25, 0.3) is 0 Å². The first kappa shape index (κ1) is 13.6. The first-order valence-electron chi connectivity index (χ1n) is 6.16. The predicted molar refractivity (Wildman–Crippen MR) is 70.5 cm³/mol. The van der Waals surface area contributed by atoms with Gasteiger partial charge in [-0.05, 0) is 36.1 Å². The molecule has 1 N–H and O–H groups in total. The summed E-state index contributed by atoms with van der Waals surface area (Å²) < 4.78 is 4.69. The molecule has 0 spiro atoms. The molecule has 1 aromatic rings. The van der Waals surface area contributed by atoms with E-state index in [1.165, 1.54) is 12.7 Å². The molecule has 0 fully saturated rings. The molecule has 0 bridgehead atoms. The number of carbonyl (C=O) groups excluding carboxylic acids is 1. The van der Waals surface area contributed by atoms with E-state index in [9.17, 15) is 4.79 Å². The van der Waals surface area contributed by atoms with Crippen LogP contribution in [0.3, 0.4) is 0 Å². The first-order valence-corrected chi connectivity index (χ1v) is 6.16. The zero-order chi connectivity index (χ0) is 12.8. The van der Waals surface area contributed by atoms with Gasteiger partial charge in [0.2, 0.25) is 0 Å². The summed E-state index contributed by atoms with van der Waals surface area (Å²) in [5.74, 6) is 0.349. The van der Waals surface area contributed by atoms with E-state index in [0.29, 0.717) is 11.5 Å². The summed E-state index contributed by atoms with van der Waals surface area (Å²) in [5.41, 5.74) is 2.98. The van der Waals surface area contributed by atoms with Gasteiger partial charge in [0.05, 0.1) is 12.7 Å². The molecule has 0 saturated carbocycles. The maximum atomic E-state index is 11.3. The third kappa shape index (κ3) is 3.22. The van der Waals surface area contributed by atoms with Crippen molar-refractivity contribution in [2.75, 3.05) is 19.0 Å². The van der Waals surface area contributed by atoms with Crippen molar-refractivity contribution in [1.29, 1.82) is 0 Å². The number of esters is 1. The van der Waals surface area contributed by atoms with Gasteiger partial charge in [0, 0.05) is 12.2 Å². The van der Waals surface area contributed by atoms with Crippen LogP contribution in [0.1, 0.15) is 36.7 Å². The second kappa shape index (κ2) is 6.28. The van der Waals surface area contributed by atoms with Crippen molar-refractivity contribution in [3.63, 3.8) is 0 Å². The molecular formula is C14H21NO2. The maximum absolute atomic E-state index is 11.3. The van der Waals surface area contributed by atoms with Crippen LogP contribution < -0.4 is 5.32 Å². The van der Waals surface area contributed by atoms with Crippen molar-refractivity contribution in [1.82, 2.24) is 0 Å². The Bertz CT molecular complexity index is 388. The molecule has 1 aliphatic rings. The molecule has 1 atom stereocenters. The highest BCUT2D eigenvalue weighted by Gasteiger charge is 2.16. The highest BCUT2D eigenvalue weighted by molar-refractivity contribution is 5.90. The fourth-order valence-electron chi connectivity index (χ4n) is 1.91. The van der Waals surface area contributed by atoms with Crippen LogP contribution in [-0.2, 0) is 11.2 Å². The monoisotopic (exact) mass is 235 g/mol. The summed E-state index contributed by atoms with van der Waals surface area (Å²) in [4.78, 5) is 11.3. The Morgan fingerprint density at radius 3 is 2.76 bits per heavy atom. The summed E-state index contributed by atoms with van der Waals surface area (Å²) in [6.45, 7) is 7.20. The van der Waals surface area contributed by atoms with Gasteiger partial charge < -0.3 is 10.1 Å². The molecule has 1 aliphatic heterocycles. The molecule has 3 heteroatoms. The molecule has 0 aromatic heterocycles. The normalized spacial score (nSPS) is 17.1. The highest BCUT2D eigenvalue weighted by Crippen LogP contribution is 2.25. The van der Waals surface area contributed by atoms with Crippen molar-refractivity contribution in [3.8, 4) is 0 Å². The molecule has 1 unspecified atom stereocenters. The third-order valence-electron chi connectivity index (χ3n) is 2.74. The Morgan fingerprint density at radius 2 is 2.12 bits per heavy atom. The van der Waals surface area contributed by atoms with Crippen LogP contribution in [0.4, 0.5) is 5.69 Å². The molecule has 0 saturated heterocycles. The highest BCUT2D eigenvalue weighted by atomic mass is 16.5. The van der Waals surface area contributed by atoms with Crippen LogP contribution in [0.5, 0.6) is 0 Å². The van der Waals surface area contributed by atoms with Gasteiger partial charge in [-0.15, -0.1) is 0 Å². The van der Waals surface area contributed by atoms with E-state index in [-0.39, 0.29) is 5.97 Å². The summed E-state index contributed by atoms with van der Waals surface area (Å²) in [6, 6.07) is 5.67. The van der Waals surface area contributed by atoms with Crippen molar-refractivity contribution < 1.29 is 9.53 Å². The first-order chi connectivity index (χ1) is 8.20. The number of anilines is 1. The lowest BCUT2D eigenvalue weighted by atomic mass is 9.94. The van der Waals surface area contributed by atoms with E-state index in [1.807, 2.05) is 26.0 Å². The van der Waals surface area contributed by atoms with Gasteiger partial charge >= 0.3 is 5.97 Å². The smallest absolute Gasteiger partial charge is 0.337 e. The Labute approximate surface area is 103 Å². The Hall–Kier alpha value is -1.51. The van der Waals surface area contributed by atoms with Gasteiger partial charge in [0.1, 0.15) is 0 Å². The van der Waals surface area contributed by atoms with Gasteiger partial charge in [-0.2, -0.15) is 0 Å². The molecular weight excluding hydrogens is 214 g/mol. The van der Waals surface area contributed by atoms with Gasteiger partial charge in [0.25, 0.3) is 0 Å². The Kier molecular flexibility index (Phi) is 5.01. The lowest BCUT2D eigenvalue weighted by molar-refractivity contribution is 0.0600. The van der Waals surface area contributed by atoms with Gasteiger partial charge in [-0.25, -0.2) is 4.79 Å². The standard InChI is InChI=1S/C12H15NO2.C2H6/c1-8-5-10-6-9(12(14)15-2)3-4-11(10)13-7-8;1-2/h3-4,6,8,13H,5,7H2,1-2H3;1-2H3. The molecule has 1 heterocycles. The van der Waals surface area contributed by atoms with Gasteiger partial charge in [0.15, 0.2) is 0 Å². The van der Waals surface area contributed by atoms with Crippen molar-refractivity contribution in [3.05, 3.63) is 29.3 Å². The zero-order valence-corrected chi connectivity index (χ0v) is 11.0. The minimum atomic E-state index is -0.268. The fourth-order valence-corrected chi connectivity index (χ4v) is 1.91. The van der Waals surface area contributed by atoms with Crippen LogP contribution in [0, 0.1) is 5.92 Å². The predicted octanol–water partition coefficient (Wildman–Crippen LogP) is 3.10. The number of benzene rings is 1. The number of ether oxygens (including phenoxy) is 1. The zero-order valence-electron chi connectivity index (χ0n) is 11.0. The maximum Gasteiger partial charge on any atom is 0.337 e. The molecule has 3 nitrogen and oxygen atoms in total. The average Bonchev–Trinajstić information content (AvgIpc) is 2.39. The molecule has 0 radical (unpaired) electrons. The van der Waals surface area contributed by atoms with Crippen LogP contribution in [0.2, 0.25) is 0 Å². The minimum absolute atomic E-state index is 0.268. The molecule has 94 valence electrons. The van der Waals surface area contributed by atoms with Crippen molar-refractivity contribution in [2.24, 2.45) is 5.92 Å². The largest absolute Gasteiger partial charge is 0.465 e. The van der Waals surface area contributed by atoms with Crippen LogP contribution in [0.15, 0.2) is 18.2 Å². The lowest BCUT2D eigenvalue weighted by Gasteiger charge is -2.23. The average molecular weight is 235 g/mol. The minimum Gasteiger partial charge on any atom is -0.465 e. The second-order valence-corrected chi connectivity index (χ2v) is 4.05. The molecule has 2 rings (SSSR count). The number of fused-ring (bicyclic) bond motifs is 1. The number of carbonyl (C=O) groups is 1. The number of hydrogen-bond donors (Lipinski definition) is 1. The lowest BCUT2D eigenvalue weighted by Crippen LogP contribution is -2.21. The third-order valence-corrected chi connectivity index (χ3v) is 2.74. The Morgan fingerprint density at radius 1 is 1.41 bits per heavy atom. The molecule has 17 heavy (non-hydrogen) atoms. The van der Waals surface area contributed by atoms with E-state index in [2.05, 4.69) is 12.2 Å². The van der Waals surface area contributed by atoms with Gasteiger partial charge in [-0.3, -0.25) is 0 Å². The van der Waals surface area contributed by atoms with Crippen LogP contribution in [-0.4, -0.2) is 19.6 Å². The molecule has 0 amide bonds. The second-order valence-electron chi connectivity index (χ2n) is 4.05. The number of hydrogen-bond acceptors (Lipinski definition) is 3. The van der Waals surface area contributed by atoms with E-state index < -0.39 is 0 Å². The Balaban J connectivity index is 0.000000686. The van der Waals surface area contributed by atoms with E-state index in [4.69, 9.17) is 4.74 Å². The molecule has 1 aromatic carbocycles. The van der Waals surface area contributed by atoms with Gasteiger partial charge in [-0.1, -0.05) is 20.8 Å². The fraction of sp³-hybridized carbons (Fsp3) is 0.500. The van der Waals surface area contributed by atoms with E-state index in [0.717, 1.165) is 18.7 Å². The van der Waals surface area contributed by atoms with E-state index in [1.54, 1.807) is 6.07 Å². The summed E-state index contributed by atoms with van der Waals surface area (Å²) in [5, 5.41) is 3.34. The van der Waals surface area contributed by atoms with Crippen molar-refractivity contribution in [2.45, 2.75) is 27.2 Å². The summed E-state index contributed by atoms with van der Waals surface area (Å²) in [6.07, 6.45) is 1.02. The number of methoxy groups -OCH3 is 1. The summed E-state index contributed by atoms with van der Waals surface area (Å²) >= 11 is 0. The number of rotatable bonds is 1. The molecule has 0 aliphatic carbocycles. The SMILES string of the molecule is CC.COC(=O)c1ccc2c(c1)CC(C)CN2.